The number of rotatable bonds is 16. The van der Waals surface area contributed by atoms with Gasteiger partial charge in [0.1, 0.15) is 12.1 Å². The van der Waals surface area contributed by atoms with Crippen LogP contribution in [0.4, 0.5) is 4.79 Å². The second-order valence-electron chi connectivity index (χ2n) is 11.6. The smallest absolute Gasteiger partial charge is 0.409 e. The molecule has 3 N–H and O–H groups in total. The molecule has 0 aromatic heterocycles. The first-order valence-electron chi connectivity index (χ1n) is 14.5. The number of carbonyl (C=O) groups is 3. The Kier molecular flexibility index (Phi) is 16.2. The molecule has 1 aliphatic rings. The lowest BCUT2D eigenvalue weighted by Gasteiger charge is -2.31. The second kappa shape index (κ2) is 18.2. The lowest BCUT2D eigenvalue weighted by atomic mass is 9.83. The Labute approximate surface area is 241 Å². The van der Waals surface area contributed by atoms with E-state index in [9.17, 15) is 19.5 Å². The molecule has 1 aliphatic carbocycles. The Morgan fingerprint density at radius 3 is 2.03 bits per heavy atom. The number of allylic oxidation sites excluding steroid dienone is 6. The molecular weight excluding hydrogens is 512 g/mol. The molecule has 0 saturated heterocycles. The predicted octanol–water partition coefficient (Wildman–Crippen LogP) is 7.49. The minimum Gasteiger partial charge on any atom is -0.480 e. The molecule has 2 amide bonds. The summed E-state index contributed by atoms with van der Waals surface area (Å²) in [5.74, 6) is -1.60. The van der Waals surface area contributed by atoms with Gasteiger partial charge >= 0.3 is 12.1 Å². The zero-order valence-corrected chi connectivity index (χ0v) is 25.9. The van der Waals surface area contributed by atoms with Crippen molar-refractivity contribution in [2.45, 2.75) is 136 Å². The van der Waals surface area contributed by atoms with E-state index in [1.54, 1.807) is 13.8 Å². The average Bonchev–Trinajstić information content (AvgIpc) is 2.83. The van der Waals surface area contributed by atoms with Gasteiger partial charge in [0, 0.05) is 0 Å². The van der Waals surface area contributed by atoms with E-state index < -0.39 is 35.0 Å². The number of alkyl carbamates (subject to hydrolysis) is 1. The van der Waals surface area contributed by atoms with Crippen molar-refractivity contribution in [1.29, 1.82) is 0 Å². The van der Waals surface area contributed by atoms with E-state index in [0.717, 1.165) is 64.2 Å². The van der Waals surface area contributed by atoms with Crippen LogP contribution >= 0.6 is 12.6 Å². The van der Waals surface area contributed by atoms with Crippen molar-refractivity contribution in [3.8, 4) is 0 Å². The normalized spacial score (nSPS) is 16.7. The van der Waals surface area contributed by atoms with Crippen molar-refractivity contribution < 1.29 is 24.2 Å². The number of aliphatic carboxylic acids is 1. The molecule has 0 aliphatic heterocycles. The summed E-state index contributed by atoms with van der Waals surface area (Å²) in [4.78, 5) is 36.5. The Morgan fingerprint density at radius 2 is 1.49 bits per heavy atom. The highest BCUT2D eigenvalue weighted by Gasteiger charge is 2.34. The van der Waals surface area contributed by atoms with Crippen LogP contribution in [0.25, 0.3) is 0 Å². The van der Waals surface area contributed by atoms with E-state index >= 15 is 0 Å². The molecule has 0 heterocycles. The van der Waals surface area contributed by atoms with Crippen molar-refractivity contribution in [1.82, 2.24) is 10.6 Å². The fourth-order valence-electron chi connectivity index (χ4n) is 4.78. The molecular formula is C31H52N2O5S. The summed E-state index contributed by atoms with van der Waals surface area (Å²) in [6.45, 7) is 11.8. The van der Waals surface area contributed by atoms with Gasteiger partial charge in [-0.15, -0.1) is 12.6 Å². The van der Waals surface area contributed by atoms with Crippen LogP contribution in [0.5, 0.6) is 0 Å². The number of unbranched alkanes of at least 4 members (excludes halogenated alkanes) is 1. The Bertz CT molecular complexity index is 878. The monoisotopic (exact) mass is 564 g/mol. The van der Waals surface area contributed by atoms with Crippen LogP contribution in [0.2, 0.25) is 0 Å². The van der Waals surface area contributed by atoms with Crippen LogP contribution in [0.15, 0.2) is 34.9 Å². The summed E-state index contributed by atoms with van der Waals surface area (Å²) < 4.78 is 5.24. The first kappa shape index (κ1) is 34.8. The van der Waals surface area contributed by atoms with Crippen LogP contribution in [0, 0.1) is 5.92 Å². The maximum Gasteiger partial charge on any atom is 0.409 e. The molecule has 0 spiro atoms. The molecule has 0 aromatic carbocycles. The van der Waals surface area contributed by atoms with Crippen LogP contribution < -0.4 is 10.6 Å². The van der Waals surface area contributed by atoms with Gasteiger partial charge in [-0.2, -0.15) is 0 Å². The molecule has 8 heteroatoms. The number of nitrogens with one attached hydrogen (secondary N) is 2. The first-order chi connectivity index (χ1) is 18.3. The molecule has 1 saturated carbocycles. The van der Waals surface area contributed by atoms with Gasteiger partial charge in [0.05, 0.1) is 0 Å². The Morgan fingerprint density at radius 1 is 0.923 bits per heavy atom. The number of carboxylic acid groups (broad SMARTS) is 1. The maximum absolute atomic E-state index is 13.2. The van der Waals surface area contributed by atoms with Crippen molar-refractivity contribution in [3.63, 3.8) is 0 Å². The average molecular weight is 565 g/mol. The van der Waals surface area contributed by atoms with E-state index in [0.29, 0.717) is 12.8 Å². The third-order valence-electron chi connectivity index (χ3n) is 6.95. The number of carboxylic acids is 1. The van der Waals surface area contributed by atoms with Gasteiger partial charge in [0.15, 0.2) is 4.93 Å². The Hall–Kier alpha value is -2.22. The van der Waals surface area contributed by atoms with Gasteiger partial charge in [-0.3, -0.25) is 4.79 Å². The highest BCUT2D eigenvalue weighted by molar-refractivity contribution is 7.81. The summed E-state index contributed by atoms with van der Waals surface area (Å²) in [6, 6.07) is -1.85. The van der Waals surface area contributed by atoms with Gasteiger partial charge < -0.3 is 20.5 Å². The number of carbonyl (C=O) groups excluding carboxylic acids is 2. The van der Waals surface area contributed by atoms with Gasteiger partial charge in [-0.05, 0) is 105 Å². The molecule has 0 unspecified atom stereocenters. The minimum atomic E-state index is -1.07. The van der Waals surface area contributed by atoms with E-state index in [-0.39, 0.29) is 5.92 Å². The maximum atomic E-state index is 13.2. The zero-order chi connectivity index (χ0) is 29.4. The quantitative estimate of drug-likeness (QED) is 0.0673. The van der Waals surface area contributed by atoms with E-state index in [2.05, 4.69) is 69.2 Å². The SMILES string of the molecule is CC(C)=CCCC(C)=CCCC(C)=CCCC[C@@H](NC(=O)[C@@H](NC(=O)OC(C)(C)S)C1CCCCC1)C(=O)O. The van der Waals surface area contributed by atoms with Crippen LogP contribution in [-0.2, 0) is 14.3 Å². The Balaban J connectivity index is 2.62. The molecule has 39 heavy (non-hydrogen) atoms. The second-order valence-corrected chi connectivity index (χ2v) is 12.7. The number of thiol groups is 1. The molecule has 0 aromatic rings. The van der Waals surface area contributed by atoms with Crippen LogP contribution in [0.1, 0.15) is 119 Å². The van der Waals surface area contributed by atoms with E-state index in [1.165, 1.54) is 16.7 Å². The number of ether oxygens (including phenoxy) is 1. The summed E-state index contributed by atoms with van der Waals surface area (Å²) in [7, 11) is 0. The fourth-order valence-corrected chi connectivity index (χ4v) is 4.86. The summed E-state index contributed by atoms with van der Waals surface area (Å²) in [5.41, 5.74) is 4.04. The minimum absolute atomic E-state index is 0.0562. The highest BCUT2D eigenvalue weighted by Crippen LogP contribution is 2.27. The summed E-state index contributed by atoms with van der Waals surface area (Å²) in [6.07, 6.45) is 16.5. The predicted molar refractivity (Wildman–Crippen MR) is 162 cm³/mol. The van der Waals surface area contributed by atoms with Crippen molar-refractivity contribution in [3.05, 3.63) is 34.9 Å². The zero-order valence-electron chi connectivity index (χ0n) is 25.0. The first-order valence-corrected chi connectivity index (χ1v) is 14.9. The topological polar surface area (TPSA) is 105 Å². The van der Waals surface area contributed by atoms with Crippen molar-refractivity contribution in [2.24, 2.45) is 5.92 Å². The number of hydrogen-bond acceptors (Lipinski definition) is 5. The summed E-state index contributed by atoms with van der Waals surface area (Å²) >= 11 is 4.21. The van der Waals surface area contributed by atoms with Crippen LogP contribution in [-0.4, -0.2) is 40.1 Å². The van der Waals surface area contributed by atoms with Gasteiger partial charge in [0.2, 0.25) is 5.91 Å². The van der Waals surface area contributed by atoms with Crippen molar-refractivity contribution >= 4 is 30.6 Å². The molecule has 2 atom stereocenters. The van der Waals surface area contributed by atoms with Gasteiger partial charge in [-0.1, -0.05) is 54.2 Å². The number of hydrogen-bond donors (Lipinski definition) is 4. The van der Waals surface area contributed by atoms with E-state index in [1.807, 2.05) is 0 Å². The molecule has 0 radical (unpaired) electrons. The summed E-state index contributed by atoms with van der Waals surface area (Å²) in [5, 5.41) is 15.1. The fraction of sp³-hybridized carbons (Fsp3) is 0.710. The van der Waals surface area contributed by atoms with Crippen LogP contribution in [0.3, 0.4) is 0 Å². The third-order valence-corrected chi connectivity index (χ3v) is 7.04. The third kappa shape index (κ3) is 16.5. The van der Waals surface area contributed by atoms with Crippen molar-refractivity contribution in [2.75, 3.05) is 0 Å². The number of amides is 2. The molecule has 1 fully saturated rings. The lowest BCUT2D eigenvalue weighted by Crippen LogP contribution is -2.55. The van der Waals surface area contributed by atoms with Gasteiger partial charge in [0.25, 0.3) is 0 Å². The lowest BCUT2D eigenvalue weighted by molar-refractivity contribution is -0.142. The highest BCUT2D eigenvalue weighted by atomic mass is 32.1. The molecule has 0 bridgehead atoms. The molecule has 7 nitrogen and oxygen atoms in total. The van der Waals surface area contributed by atoms with E-state index in [4.69, 9.17) is 4.74 Å². The molecule has 222 valence electrons. The standard InChI is InChI=1S/C31H52N2O5S/c1-22(2)14-12-16-24(4)18-13-17-23(3)15-10-11-21-26(29(35)36)32-28(34)27(25-19-8-7-9-20-25)33-30(37)38-31(5,6)39/h14-15,18,25-27,39H,7-13,16-17,19-21H2,1-6H3,(H,32,34)(H,33,37)(H,35,36)/t26-,27+/m1/s1. The largest absolute Gasteiger partial charge is 0.480 e. The van der Waals surface area contributed by atoms with Gasteiger partial charge in [-0.25, -0.2) is 9.59 Å². The molecule has 1 rings (SSSR count).